The standard InChI is InChI=1S/C30H40O13/c1-9-10-20(35)42-21-14(2)13-19-30(29(8,43-30)26(36)41-19)25(40-17(5)33)23-27(6,12-11-18(34)28(23,7)37)24(39-16(4)32)22(21)38-15(3)31/h11-13,18-19,21-25,34,37H,9-10H2,1-8H3/b14-13-/t18-,19+,21+,22-,23-,24+,25-,27+,28-,29+,30+/m1/s1. The topological polar surface area (TPSA) is 184 Å². The summed E-state index contributed by atoms with van der Waals surface area (Å²) in [5, 5.41) is 23.0. The highest BCUT2D eigenvalue weighted by Gasteiger charge is 2.88. The van der Waals surface area contributed by atoms with Crippen LogP contribution in [0.15, 0.2) is 23.8 Å². The Balaban J connectivity index is 2.10. The van der Waals surface area contributed by atoms with Gasteiger partial charge in [-0.3, -0.25) is 19.2 Å². The van der Waals surface area contributed by atoms with Crippen molar-refractivity contribution in [3.63, 3.8) is 0 Å². The Kier molecular flexibility index (Phi) is 8.35. The minimum atomic E-state index is -2.12. The molecule has 0 radical (unpaired) electrons. The fraction of sp³-hybridized carbons (Fsp3) is 0.700. The van der Waals surface area contributed by atoms with Gasteiger partial charge in [-0.15, -0.1) is 0 Å². The van der Waals surface area contributed by atoms with Crippen LogP contribution in [-0.4, -0.2) is 93.5 Å². The summed E-state index contributed by atoms with van der Waals surface area (Å²) in [6.07, 6.45) is -3.92. The van der Waals surface area contributed by atoms with E-state index in [1.165, 1.54) is 32.1 Å². The average molecular weight is 609 g/mol. The van der Waals surface area contributed by atoms with Crippen LogP contribution in [0.4, 0.5) is 0 Å². The molecule has 1 spiro atoms. The molecule has 0 saturated carbocycles. The lowest BCUT2D eigenvalue weighted by molar-refractivity contribution is -0.230. The molecule has 0 amide bonds. The van der Waals surface area contributed by atoms with Gasteiger partial charge in [-0.1, -0.05) is 26.0 Å². The Hall–Kier alpha value is -3.29. The van der Waals surface area contributed by atoms with Gasteiger partial charge >= 0.3 is 29.8 Å². The molecule has 4 rings (SSSR count). The summed E-state index contributed by atoms with van der Waals surface area (Å²) in [7, 11) is 0. The van der Waals surface area contributed by atoms with Crippen LogP contribution >= 0.6 is 0 Å². The third-order valence-electron chi connectivity index (χ3n) is 9.06. The Morgan fingerprint density at radius 2 is 1.53 bits per heavy atom. The lowest BCUT2D eigenvalue weighted by Crippen LogP contribution is -2.69. The van der Waals surface area contributed by atoms with E-state index in [4.69, 9.17) is 28.4 Å². The van der Waals surface area contributed by atoms with Gasteiger partial charge in [0.05, 0.1) is 5.60 Å². The third-order valence-corrected chi connectivity index (χ3v) is 9.06. The zero-order valence-corrected chi connectivity index (χ0v) is 25.6. The molecule has 2 aliphatic carbocycles. The first-order chi connectivity index (χ1) is 19.9. The normalized spacial score (nSPS) is 44.3. The number of aliphatic hydroxyl groups is 2. The predicted molar refractivity (Wildman–Crippen MR) is 145 cm³/mol. The van der Waals surface area contributed by atoms with E-state index in [9.17, 15) is 34.2 Å². The van der Waals surface area contributed by atoms with Crippen molar-refractivity contribution in [3.8, 4) is 0 Å². The second-order valence-electron chi connectivity index (χ2n) is 12.3. The summed E-state index contributed by atoms with van der Waals surface area (Å²) in [6, 6.07) is 0. The van der Waals surface area contributed by atoms with Crippen molar-refractivity contribution in [1.29, 1.82) is 0 Å². The molecule has 0 aromatic rings. The average Bonchev–Trinajstić information content (AvgIpc) is 3.47. The molecule has 2 heterocycles. The number of hydrogen-bond donors (Lipinski definition) is 2. The van der Waals surface area contributed by atoms with Gasteiger partial charge in [0.15, 0.2) is 35.6 Å². The van der Waals surface area contributed by atoms with Gasteiger partial charge in [0.2, 0.25) is 0 Å². The highest BCUT2D eigenvalue weighted by molar-refractivity contribution is 5.89. The lowest BCUT2D eigenvalue weighted by atomic mass is 9.55. The van der Waals surface area contributed by atoms with Crippen molar-refractivity contribution in [3.05, 3.63) is 23.8 Å². The van der Waals surface area contributed by atoms with E-state index >= 15 is 0 Å². The largest absolute Gasteiger partial charge is 0.459 e. The van der Waals surface area contributed by atoms with Crippen molar-refractivity contribution in [2.75, 3.05) is 0 Å². The van der Waals surface area contributed by atoms with Crippen molar-refractivity contribution in [1.82, 2.24) is 0 Å². The smallest absolute Gasteiger partial charge is 0.342 e. The zero-order valence-electron chi connectivity index (χ0n) is 25.6. The predicted octanol–water partition coefficient (Wildman–Crippen LogP) is 1.21. The van der Waals surface area contributed by atoms with Crippen LogP contribution in [0, 0.1) is 11.3 Å². The minimum absolute atomic E-state index is 0.0214. The highest BCUT2D eigenvalue weighted by Crippen LogP contribution is 2.65. The number of ether oxygens (including phenoxy) is 6. The van der Waals surface area contributed by atoms with E-state index < -0.39 is 94.6 Å². The summed E-state index contributed by atoms with van der Waals surface area (Å²) in [4.78, 5) is 64.0. The maximum absolute atomic E-state index is 13.2. The summed E-state index contributed by atoms with van der Waals surface area (Å²) >= 11 is 0. The Morgan fingerprint density at radius 1 is 0.953 bits per heavy atom. The monoisotopic (exact) mass is 608 g/mol. The van der Waals surface area contributed by atoms with Crippen LogP contribution in [0.2, 0.25) is 0 Å². The van der Waals surface area contributed by atoms with Crippen LogP contribution in [0.1, 0.15) is 68.2 Å². The highest BCUT2D eigenvalue weighted by atomic mass is 16.7. The molecule has 0 bridgehead atoms. The quantitative estimate of drug-likeness (QED) is 0.190. The molecule has 13 nitrogen and oxygen atoms in total. The molecular formula is C30H40O13. The van der Waals surface area contributed by atoms with Gasteiger partial charge in [-0.25, -0.2) is 4.79 Å². The van der Waals surface area contributed by atoms with Crippen LogP contribution < -0.4 is 0 Å². The summed E-state index contributed by atoms with van der Waals surface area (Å²) in [5.41, 5.74) is -6.81. The SMILES string of the molecule is CCCC(=O)O[C@H]1/C(C)=C\[C@@H]2OC(=O)[C@]3(C)O[C@]23[C@H](OC(C)=O)[C@H]2[C@](C)(O)[C@H](O)C=C[C@]2(C)[C@@H](OC(C)=O)[C@@H]1OC(C)=O. The number of epoxide rings is 1. The molecule has 13 heteroatoms. The molecule has 238 valence electrons. The third kappa shape index (κ3) is 5.14. The summed E-state index contributed by atoms with van der Waals surface area (Å²) in [6.45, 7) is 11.1. The van der Waals surface area contributed by atoms with Gasteiger partial charge in [0.1, 0.15) is 12.2 Å². The van der Waals surface area contributed by atoms with Crippen LogP contribution in [0.5, 0.6) is 0 Å². The van der Waals surface area contributed by atoms with Gasteiger partial charge in [-0.2, -0.15) is 0 Å². The van der Waals surface area contributed by atoms with E-state index in [1.54, 1.807) is 20.8 Å². The molecule has 0 unspecified atom stereocenters. The molecule has 2 saturated heterocycles. The molecule has 0 aromatic heterocycles. The van der Waals surface area contributed by atoms with Crippen molar-refractivity contribution in [2.24, 2.45) is 11.3 Å². The van der Waals surface area contributed by atoms with Crippen molar-refractivity contribution >= 4 is 29.8 Å². The Morgan fingerprint density at radius 3 is 2.07 bits per heavy atom. The number of carbonyl (C=O) groups is 5. The number of fused-ring (bicyclic) bond motifs is 1. The first kappa shape index (κ1) is 32.6. The fourth-order valence-electron chi connectivity index (χ4n) is 7.06. The molecule has 0 aromatic carbocycles. The maximum atomic E-state index is 13.2. The second kappa shape index (κ2) is 11.0. The summed E-state index contributed by atoms with van der Waals surface area (Å²) in [5.74, 6) is -5.17. The van der Waals surface area contributed by atoms with E-state index in [0.29, 0.717) is 6.42 Å². The molecule has 2 fully saturated rings. The van der Waals surface area contributed by atoms with E-state index in [0.717, 1.165) is 20.8 Å². The first-order valence-electron chi connectivity index (χ1n) is 14.3. The van der Waals surface area contributed by atoms with E-state index in [1.807, 2.05) is 0 Å². The molecular weight excluding hydrogens is 568 g/mol. The Labute approximate surface area is 249 Å². The van der Waals surface area contributed by atoms with E-state index in [-0.39, 0.29) is 12.0 Å². The first-order valence-corrected chi connectivity index (χ1v) is 14.3. The molecule has 11 atom stereocenters. The van der Waals surface area contributed by atoms with Gasteiger partial charge in [0.25, 0.3) is 0 Å². The number of hydrogen-bond acceptors (Lipinski definition) is 13. The van der Waals surface area contributed by atoms with Crippen LogP contribution in [-0.2, 0) is 52.4 Å². The number of aliphatic hydroxyl groups excluding tert-OH is 1. The number of esters is 5. The van der Waals surface area contributed by atoms with Crippen molar-refractivity contribution in [2.45, 2.75) is 122 Å². The number of rotatable bonds is 6. The second-order valence-corrected chi connectivity index (χ2v) is 12.3. The fourth-order valence-corrected chi connectivity index (χ4v) is 7.06. The molecule has 2 aliphatic heterocycles. The van der Waals surface area contributed by atoms with Crippen LogP contribution in [0.25, 0.3) is 0 Å². The van der Waals surface area contributed by atoms with Crippen molar-refractivity contribution < 1.29 is 62.6 Å². The summed E-state index contributed by atoms with van der Waals surface area (Å²) < 4.78 is 35.2. The maximum Gasteiger partial charge on any atom is 0.342 e. The molecule has 2 N–H and O–H groups in total. The van der Waals surface area contributed by atoms with Gasteiger partial charge in [0, 0.05) is 38.5 Å². The van der Waals surface area contributed by atoms with Gasteiger partial charge < -0.3 is 38.6 Å². The minimum Gasteiger partial charge on any atom is -0.459 e. The van der Waals surface area contributed by atoms with E-state index in [2.05, 4.69) is 0 Å². The molecule has 4 aliphatic rings. The zero-order chi connectivity index (χ0) is 32.3. The molecule has 43 heavy (non-hydrogen) atoms. The lowest BCUT2D eigenvalue weighted by Gasteiger charge is -2.55. The number of carbonyl (C=O) groups excluding carboxylic acids is 5. The van der Waals surface area contributed by atoms with Gasteiger partial charge in [-0.05, 0) is 38.8 Å². The van der Waals surface area contributed by atoms with Crippen LogP contribution in [0.3, 0.4) is 0 Å². The Bertz CT molecular complexity index is 1270.